The molecule has 0 unspecified atom stereocenters. The Hall–Kier alpha value is -2.30. The topological polar surface area (TPSA) is 34.4 Å². The van der Waals surface area contributed by atoms with Crippen molar-refractivity contribution in [2.45, 2.75) is 50.5 Å². The number of alkyl halides is 2. The van der Waals surface area contributed by atoms with Crippen LogP contribution in [0.1, 0.15) is 54.1 Å². The number of carbonyl (C=O) groups excluding carboxylic acids is 1. The first kappa shape index (κ1) is 16.2. The molecule has 0 amide bonds. The molecule has 1 aromatic heterocycles. The molecule has 0 atom stereocenters. The summed E-state index contributed by atoms with van der Waals surface area (Å²) < 4.78 is 28.8. The smallest absolute Gasteiger partial charge is 0.248 e. The molecule has 5 heteroatoms. The van der Waals surface area contributed by atoms with Crippen molar-refractivity contribution in [1.29, 1.82) is 0 Å². The molecular weight excluding hydrogens is 322 g/mol. The molecule has 1 fully saturated rings. The van der Waals surface area contributed by atoms with Gasteiger partial charge in [-0.1, -0.05) is 30.3 Å². The van der Waals surface area contributed by atoms with Gasteiger partial charge in [-0.25, -0.2) is 13.8 Å². The Morgan fingerprint density at radius 2 is 1.84 bits per heavy atom. The summed E-state index contributed by atoms with van der Waals surface area (Å²) in [5.74, 6) is -1.84. The van der Waals surface area contributed by atoms with Crippen molar-refractivity contribution in [2.75, 3.05) is 0 Å². The molecule has 25 heavy (non-hydrogen) atoms. The van der Waals surface area contributed by atoms with Gasteiger partial charge in [0.2, 0.25) is 5.92 Å². The number of Topliss-reactive ketones (excluding diaryl/α,β-unsaturated/α-hetero) is 1. The van der Waals surface area contributed by atoms with Gasteiger partial charge in [0.15, 0.2) is 5.78 Å². The van der Waals surface area contributed by atoms with E-state index < -0.39 is 5.92 Å². The van der Waals surface area contributed by atoms with Crippen molar-refractivity contribution >= 4 is 17.3 Å². The van der Waals surface area contributed by atoms with Crippen molar-refractivity contribution in [3.63, 3.8) is 0 Å². The number of carbonyl (C=O) groups is 1. The van der Waals surface area contributed by atoms with Gasteiger partial charge >= 0.3 is 0 Å². The lowest BCUT2D eigenvalue weighted by molar-refractivity contribution is -0.0438. The van der Waals surface area contributed by atoms with Crippen molar-refractivity contribution in [1.82, 2.24) is 4.57 Å². The third kappa shape index (κ3) is 3.28. The molecule has 1 saturated carbocycles. The summed E-state index contributed by atoms with van der Waals surface area (Å²) in [7, 11) is 0. The van der Waals surface area contributed by atoms with E-state index in [0.717, 1.165) is 11.3 Å². The molecule has 0 saturated heterocycles. The van der Waals surface area contributed by atoms with Crippen LogP contribution >= 0.6 is 0 Å². The first-order valence-corrected chi connectivity index (χ1v) is 8.74. The third-order valence-corrected chi connectivity index (χ3v) is 5.15. The van der Waals surface area contributed by atoms with Crippen molar-refractivity contribution in [3.05, 3.63) is 53.7 Å². The van der Waals surface area contributed by atoms with Crippen LogP contribution in [0.4, 0.5) is 14.6 Å². The molecule has 0 bridgehead atoms. The highest BCUT2D eigenvalue weighted by atomic mass is 19.3. The van der Waals surface area contributed by atoms with Crippen LogP contribution in [0.2, 0.25) is 0 Å². The number of ketones is 1. The normalized spacial score (nSPS) is 20.2. The van der Waals surface area contributed by atoms with Gasteiger partial charge in [0, 0.05) is 37.2 Å². The number of rotatable bonds is 3. The van der Waals surface area contributed by atoms with Gasteiger partial charge in [-0.05, 0) is 24.5 Å². The standard InChI is InChI=1S/C20H20F2N2O/c21-20(22)9-6-16(7-10-20)24-11-8-17-18(25)13-15(23-19(17)24)12-14-4-2-1-3-5-14/h1-5,8,11,16H,6-7,9-10,12-13H2. The minimum absolute atomic E-state index is 0.00370. The van der Waals surface area contributed by atoms with Crippen LogP contribution < -0.4 is 0 Å². The highest BCUT2D eigenvalue weighted by Crippen LogP contribution is 2.41. The van der Waals surface area contributed by atoms with E-state index >= 15 is 0 Å². The van der Waals surface area contributed by atoms with Crippen LogP contribution in [0, 0.1) is 0 Å². The molecule has 1 aliphatic carbocycles. The fraction of sp³-hybridized carbons (Fsp3) is 0.400. The summed E-state index contributed by atoms with van der Waals surface area (Å²) in [5.41, 5.74) is 2.58. The molecule has 2 aromatic rings. The van der Waals surface area contributed by atoms with Crippen molar-refractivity contribution in [3.8, 4) is 0 Å². The Bertz CT molecular complexity index is 813. The second kappa shape index (κ2) is 6.21. The molecule has 2 aliphatic rings. The number of halogens is 2. The van der Waals surface area contributed by atoms with Crippen LogP contribution in [0.15, 0.2) is 47.6 Å². The van der Waals surface area contributed by atoms with Gasteiger partial charge < -0.3 is 4.57 Å². The lowest BCUT2D eigenvalue weighted by Gasteiger charge is -2.30. The van der Waals surface area contributed by atoms with Gasteiger partial charge in [-0.2, -0.15) is 0 Å². The van der Waals surface area contributed by atoms with Crippen molar-refractivity contribution < 1.29 is 13.6 Å². The summed E-state index contributed by atoms with van der Waals surface area (Å²) >= 11 is 0. The summed E-state index contributed by atoms with van der Waals surface area (Å²) in [6.45, 7) is 0. The number of fused-ring (bicyclic) bond motifs is 1. The molecular formula is C20H20F2N2O. The highest BCUT2D eigenvalue weighted by molar-refractivity contribution is 6.15. The Morgan fingerprint density at radius 3 is 2.56 bits per heavy atom. The Morgan fingerprint density at radius 1 is 1.12 bits per heavy atom. The number of aromatic nitrogens is 1. The number of nitrogens with zero attached hydrogens (tertiary/aromatic N) is 2. The van der Waals surface area contributed by atoms with Crippen LogP contribution in [0.5, 0.6) is 0 Å². The summed E-state index contributed by atoms with van der Waals surface area (Å²) in [6, 6.07) is 11.7. The zero-order chi connectivity index (χ0) is 17.4. The Balaban J connectivity index is 1.61. The molecule has 1 aliphatic heterocycles. The zero-order valence-electron chi connectivity index (χ0n) is 13.9. The molecule has 1 aromatic carbocycles. The average molecular weight is 342 g/mol. The molecule has 2 heterocycles. The van der Waals surface area contributed by atoms with E-state index in [9.17, 15) is 13.6 Å². The largest absolute Gasteiger partial charge is 0.329 e. The molecule has 130 valence electrons. The summed E-state index contributed by atoms with van der Waals surface area (Å²) in [6.07, 6.45) is 3.45. The van der Waals surface area contributed by atoms with E-state index in [4.69, 9.17) is 4.99 Å². The maximum Gasteiger partial charge on any atom is 0.248 e. The van der Waals surface area contributed by atoms with Gasteiger partial charge in [-0.15, -0.1) is 0 Å². The minimum Gasteiger partial charge on any atom is -0.329 e. The average Bonchev–Trinajstić information content (AvgIpc) is 3.00. The first-order valence-electron chi connectivity index (χ1n) is 8.74. The second-order valence-electron chi connectivity index (χ2n) is 6.99. The first-order chi connectivity index (χ1) is 12.0. The lowest BCUT2D eigenvalue weighted by Crippen LogP contribution is -2.26. The van der Waals surface area contributed by atoms with Crippen LogP contribution in [-0.4, -0.2) is 22.0 Å². The monoisotopic (exact) mass is 342 g/mol. The molecule has 4 rings (SSSR count). The summed E-state index contributed by atoms with van der Waals surface area (Å²) in [4.78, 5) is 17.2. The third-order valence-electron chi connectivity index (χ3n) is 5.15. The van der Waals surface area contributed by atoms with Gasteiger partial charge in [0.1, 0.15) is 5.82 Å². The van der Waals surface area contributed by atoms with E-state index in [0.29, 0.717) is 37.1 Å². The Labute approximate surface area is 145 Å². The van der Waals surface area contributed by atoms with Crippen LogP contribution in [-0.2, 0) is 6.42 Å². The quantitative estimate of drug-likeness (QED) is 0.760. The fourth-order valence-electron chi connectivity index (χ4n) is 3.78. The maximum absolute atomic E-state index is 13.4. The van der Waals surface area contributed by atoms with Crippen LogP contribution in [0.25, 0.3) is 0 Å². The predicted molar refractivity (Wildman–Crippen MR) is 93.1 cm³/mol. The number of hydrogen-bond acceptors (Lipinski definition) is 2. The van der Waals surface area contributed by atoms with Gasteiger partial charge in [0.05, 0.1) is 12.0 Å². The van der Waals surface area contributed by atoms with E-state index in [1.165, 1.54) is 0 Å². The number of benzene rings is 1. The molecule has 0 spiro atoms. The highest BCUT2D eigenvalue weighted by Gasteiger charge is 2.36. The van der Waals surface area contributed by atoms with Crippen LogP contribution in [0.3, 0.4) is 0 Å². The zero-order valence-corrected chi connectivity index (χ0v) is 13.9. The van der Waals surface area contributed by atoms with E-state index in [2.05, 4.69) is 0 Å². The minimum atomic E-state index is -2.55. The van der Waals surface area contributed by atoms with Crippen molar-refractivity contribution in [2.24, 2.45) is 4.99 Å². The number of hydrogen-bond donors (Lipinski definition) is 0. The lowest BCUT2D eigenvalue weighted by atomic mass is 9.92. The molecule has 3 nitrogen and oxygen atoms in total. The predicted octanol–water partition coefficient (Wildman–Crippen LogP) is 5.14. The van der Waals surface area contributed by atoms with E-state index in [-0.39, 0.29) is 24.7 Å². The summed E-state index contributed by atoms with van der Waals surface area (Å²) in [5, 5.41) is 0. The van der Waals surface area contributed by atoms with Gasteiger partial charge in [0.25, 0.3) is 0 Å². The number of aliphatic imine (C=N–C) groups is 1. The SMILES string of the molecule is O=C1CC(Cc2ccccc2)=Nc2c1ccn2C1CCC(F)(F)CC1. The maximum atomic E-state index is 13.4. The molecule has 0 N–H and O–H groups in total. The van der Waals surface area contributed by atoms with E-state index in [1.54, 1.807) is 6.07 Å². The van der Waals surface area contributed by atoms with E-state index in [1.807, 2.05) is 41.1 Å². The van der Waals surface area contributed by atoms with Gasteiger partial charge in [-0.3, -0.25) is 4.79 Å². The second-order valence-corrected chi connectivity index (χ2v) is 6.99. The molecule has 0 radical (unpaired) electrons. The Kier molecular flexibility index (Phi) is 4.02. The fourth-order valence-corrected chi connectivity index (χ4v) is 3.78.